The number of hydrogen-bond acceptors (Lipinski definition) is 6. The number of fused-ring (bicyclic) bond motifs is 1. The second-order valence-electron chi connectivity index (χ2n) is 8.73. The van der Waals surface area contributed by atoms with Gasteiger partial charge in [0.05, 0.1) is 16.6 Å². The standard InChI is InChI=1S/C24H28ClN5O2S/c1-13(2)28-23(32)18-6-5-17(25)11-19(18)29-22(31)16-7-9-30(10-8-16)21-20-14(3)15(4)33-24(20)27-12-26-21/h5-6,11-13,16H,7-10H2,1-4H3,(H,28,32)(H,29,31). The molecule has 0 unspecified atom stereocenters. The van der Waals surface area contributed by atoms with Crippen molar-refractivity contribution in [2.24, 2.45) is 5.92 Å². The first-order valence-electron chi connectivity index (χ1n) is 11.1. The third kappa shape index (κ3) is 4.96. The van der Waals surface area contributed by atoms with Gasteiger partial charge in [0, 0.05) is 34.9 Å². The Morgan fingerprint density at radius 1 is 1.18 bits per heavy atom. The highest BCUT2D eigenvalue weighted by Gasteiger charge is 2.28. The molecule has 9 heteroatoms. The third-order valence-electron chi connectivity index (χ3n) is 6.01. The van der Waals surface area contributed by atoms with Crippen LogP contribution in [0.25, 0.3) is 10.2 Å². The van der Waals surface area contributed by atoms with E-state index < -0.39 is 0 Å². The summed E-state index contributed by atoms with van der Waals surface area (Å²) >= 11 is 7.83. The van der Waals surface area contributed by atoms with Crippen molar-refractivity contribution in [2.45, 2.75) is 46.6 Å². The molecule has 0 radical (unpaired) electrons. The quantitative estimate of drug-likeness (QED) is 0.533. The maximum Gasteiger partial charge on any atom is 0.253 e. The largest absolute Gasteiger partial charge is 0.356 e. The monoisotopic (exact) mass is 485 g/mol. The zero-order valence-corrected chi connectivity index (χ0v) is 20.8. The molecule has 3 aromatic rings. The molecule has 7 nitrogen and oxygen atoms in total. The summed E-state index contributed by atoms with van der Waals surface area (Å²) in [4.78, 5) is 39.1. The first-order valence-corrected chi connectivity index (χ1v) is 12.3. The van der Waals surface area contributed by atoms with E-state index in [-0.39, 0.29) is 23.8 Å². The van der Waals surface area contributed by atoms with Gasteiger partial charge in [-0.2, -0.15) is 0 Å². The topological polar surface area (TPSA) is 87.2 Å². The molecule has 1 saturated heterocycles. The molecule has 0 bridgehead atoms. The smallest absolute Gasteiger partial charge is 0.253 e. The number of aromatic nitrogens is 2. The average molecular weight is 486 g/mol. The molecule has 1 fully saturated rings. The Hall–Kier alpha value is -2.71. The van der Waals surface area contributed by atoms with Crippen LogP contribution in [0.2, 0.25) is 5.02 Å². The van der Waals surface area contributed by atoms with E-state index in [9.17, 15) is 9.59 Å². The molecule has 1 aliphatic rings. The predicted octanol–water partition coefficient (Wildman–Crippen LogP) is 4.95. The molecular formula is C24H28ClN5O2S. The number of halogens is 1. The summed E-state index contributed by atoms with van der Waals surface area (Å²) in [6.45, 7) is 9.46. The molecule has 2 N–H and O–H groups in total. The number of rotatable bonds is 5. The minimum Gasteiger partial charge on any atom is -0.356 e. The average Bonchev–Trinajstić information content (AvgIpc) is 3.07. The van der Waals surface area contributed by atoms with E-state index in [1.807, 2.05) is 13.8 Å². The van der Waals surface area contributed by atoms with E-state index >= 15 is 0 Å². The van der Waals surface area contributed by atoms with Crippen LogP contribution < -0.4 is 15.5 Å². The molecule has 4 rings (SSSR count). The van der Waals surface area contributed by atoms with Crippen molar-refractivity contribution in [1.29, 1.82) is 0 Å². The zero-order chi connectivity index (χ0) is 23.7. The lowest BCUT2D eigenvalue weighted by Gasteiger charge is -2.32. The Labute approximate surface area is 202 Å². The Balaban J connectivity index is 1.46. The van der Waals surface area contributed by atoms with Crippen LogP contribution in [-0.4, -0.2) is 40.9 Å². The number of anilines is 2. The first kappa shape index (κ1) is 23.4. The molecule has 0 spiro atoms. The Bertz CT molecular complexity index is 1200. The lowest BCUT2D eigenvalue weighted by Crippen LogP contribution is -2.39. The van der Waals surface area contributed by atoms with Gasteiger partial charge in [0.2, 0.25) is 5.91 Å². The minimum absolute atomic E-state index is 0.00929. The number of hydrogen-bond donors (Lipinski definition) is 2. The second kappa shape index (κ2) is 9.65. The van der Waals surface area contributed by atoms with Crippen molar-refractivity contribution in [3.8, 4) is 0 Å². The van der Waals surface area contributed by atoms with Gasteiger partial charge in [-0.25, -0.2) is 9.97 Å². The van der Waals surface area contributed by atoms with Crippen LogP contribution in [0.3, 0.4) is 0 Å². The highest BCUT2D eigenvalue weighted by atomic mass is 35.5. The van der Waals surface area contributed by atoms with Crippen LogP contribution in [0, 0.1) is 19.8 Å². The van der Waals surface area contributed by atoms with Crippen LogP contribution in [0.15, 0.2) is 24.5 Å². The normalized spacial score (nSPS) is 14.7. The Morgan fingerprint density at radius 3 is 2.61 bits per heavy atom. The highest BCUT2D eigenvalue weighted by Crippen LogP contribution is 2.35. The molecule has 174 valence electrons. The molecule has 2 aromatic heterocycles. The van der Waals surface area contributed by atoms with Crippen molar-refractivity contribution >= 4 is 56.5 Å². The van der Waals surface area contributed by atoms with Gasteiger partial charge >= 0.3 is 0 Å². The van der Waals surface area contributed by atoms with E-state index in [0.717, 1.165) is 29.1 Å². The van der Waals surface area contributed by atoms with E-state index in [0.29, 0.717) is 29.1 Å². The Morgan fingerprint density at radius 2 is 1.91 bits per heavy atom. The van der Waals surface area contributed by atoms with Crippen molar-refractivity contribution in [2.75, 3.05) is 23.3 Å². The van der Waals surface area contributed by atoms with Gasteiger partial charge < -0.3 is 15.5 Å². The van der Waals surface area contributed by atoms with Gasteiger partial charge in [-0.1, -0.05) is 11.6 Å². The van der Waals surface area contributed by atoms with Crippen LogP contribution in [-0.2, 0) is 4.79 Å². The lowest BCUT2D eigenvalue weighted by molar-refractivity contribution is -0.120. The number of amides is 2. The molecule has 1 aliphatic heterocycles. The summed E-state index contributed by atoms with van der Waals surface area (Å²) in [6, 6.07) is 4.92. The van der Waals surface area contributed by atoms with Gasteiger partial charge in [-0.3, -0.25) is 9.59 Å². The number of carbonyl (C=O) groups excluding carboxylic acids is 2. The molecule has 0 saturated carbocycles. The minimum atomic E-state index is -0.235. The van der Waals surface area contributed by atoms with E-state index in [1.54, 1.807) is 35.9 Å². The van der Waals surface area contributed by atoms with E-state index in [4.69, 9.17) is 11.6 Å². The number of benzene rings is 1. The summed E-state index contributed by atoms with van der Waals surface area (Å²) in [7, 11) is 0. The lowest BCUT2D eigenvalue weighted by atomic mass is 9.95. The molecule has 0 aliphatic carbocycles. The van der Waals surface area contributed by atoms with Crippen molar-refractivity contribution in [1.82, 2.24) is 15.3 Å². The van der Waals surface area contributed by atoms with Crippen molar-refractivity contribution in [3.63, 3.8) is 0 Å². The van der Waals surface area contributed by atoms with E-state index in [2.05, 4.69) is 39.3 Å². The molecule has 0 atom stereocenters. The first-order chi connectivity index (χ1) is 15.7. The molecule has 3 heterocycles. The van der Waals surface area contributed by atoms with Gasteiger partial charge in [0.25, 0.3) is 5.91 Å². The maximum atomic E-state index is 13.1. The number of carbonyl (C=O) groups is 2. The van der Waals surface area contributed by atoms with Gasteiger partial charge in [-0.15, -0.1) is 11.3 Å². The van der Waals surface area contributed by atoms with E-state index in [1.165, 1.54) is 10.4 Å². The molecular weight excluding hydrogens is 458 g/mol. The van der Waals surface area contributed by atoms with Crippen LogP contribution in [0.4, 0.5) is 11.5 Å². The highest BCUT2D eigenvalue weighted by molar-refractivity contribution is 7.18. The zero-order valence-electron chi connectivity index (χ0n) is 19.2. The number of piperidine rings is 1. The molecule has 1 aromatic carbocycles. The predicted molar refractivity (Wildman–Crippen MR) is 135 cm³/mol. The summed E-state index contributed by atoms with van der Waals surface area (Å²) in [5.74, 6) is 0.471. The fraction of sp³-hybridized carbons (Fsp3) is 0.417. The summed E-state index contributed by atoms with van der Waals surface area (Å²) < 4.78 is 0. The van der Waals surface area contributed by atoms with Gasteiger partial charge in [-0.05, 0) is 64.3 Å². The number of nitrogens with zero attached hydrogens (tertiary/aromatic N) is 3. The number of thiophene rings is 1. The van der Waals surface area contributed by atoms with Crippen LogP contribution in [0.1, 0.15) is 47.5 Å². The van der Waals surface area contributed by atoms with Crippen LogP contribution in [0.5, 0.6) is 0 Å². The number of nitrogens with one attached hydrogen (secondary N) is 2. The van der Waals surface area contributed by atoms with Crippen molar-refractivity contribution in [3.05, 3.63) is 45.6 Å². The SMILES string of the molecule is Cc1sc2ncnc(N3CCC(C(=O)Nc4cc(Cl)ccc4C(=O)NC(C)C)CC3)c2c1C. The van der Waals surface area contributed by atoms with Crippen LogP contribution >= 0.6 is 22.9 Å². The Kier molecular flexibility index (Phi) is 6.86. The fourth-order valence-electron chi connectivity index (χ4n) is 4.15. The fourth-order valence-corrected chi connectivity index (χ4v) is 5.31. The molecule has 33 heavy (non-hydrogen) atoms. The van der Waals surface area contributed by atoms with Gasteiger partial charge in [0.1, 0.15) is 17.0 Å². The number of aryl methyl sites for hydroxylation is 2. The van der Waals surface area contributed by atoms with Gasteiger partial charge in [0.15, 0.2) is 0 Å². The summed E-state index contributed by atoms with van der Waals surface area (Å²) in [5.41, 5.74) is 2.07. The van der Waals surface area contributed by atoms with Crippen molar-refractivity contribution < 1.29 is 9.59 Å². The third-order valence-corrected chi connectivity index (χ3v) is 7.36. The summed E-state index contributed by atoms with van der Waals surface area (Å²) in [5, 5.41) is 7.39. The summed E-state index contributed by atoms with van der Waals surface area (Å²) in [6.07, 6.45) is 3.02. The maximum absolute atomic E-state index is 13.1. The molecule has 2 amide bonds. The second-order valence-corrected chi connectivity index (χ2v) is 10.4.